The Morgan fingerprint density at radius 2 is 2.16 bits per heavy atom. The van der Waals surface area contributed by atoms with Crippen molar-refractivity contribution < 1.29 is 0 Å². The molecule has 1 aromatic carbocycles. The molecule has 0 spiro atoms. The monoisotopic (exact) mass is 355 g/mol. The number of nitrogens with one attached hydrogen (secondary N) is 1. The molecule has 0 bridgehead atoms. The molecule has 1 unspecified atom stereocenters. The Bertz CT molecular complexity index is 581. The van der Waals surface area contributed by atoms with Crippen LogP contribution in [0.1, 0.15) is 22.4 Å². The standard InChI is InChI=1S/C15H15BrClNS/c16-12-3-1-11-8-13(4-2-10(11)7-12)18-9-14-5-6-15(17)19-14/h1,3,5-7,13,18H,2,4,8-9H2. The highest BCUT2D eigenvalue weighted by atomic mass is 79.9. The molecule has 19 heavy (non-hydrogen) atoms. The second-order valence-electron chi connectivity index (χ2n) is 4.94. The summed E-state index contributed by atoms with van der Waals surface area (Å²) in [5.41, 5.74) is 2.97. The van der Waals surface area contributed by atoms with Crippen LogP contribution in [-0.2, 0) is 19.4 Å². The van der Waals surface area contributed by atoms with Crippen molar-refractivity contribution in [2.24, 2.45) is 0 Å². The van der Waals surface area contributed by atoms with Gasteiger partial charge in [-0.05, 0) is 54.7 Å². The first-order valence-electron chi connectivity index (χ1n) is 6.45. The molecule has 1 aliphatic carbocycles. The van der Waals surface area contributed by atoms with Gasteiger partial charge >= 0.3 is 0 Å². The van der Waals surface area contributed by atoms with E-state index in [1.54, 1.807) is 11.3 Å². The Morgan fingerprint density at radius 1 is 1.26 bits per heavy atom. The van der Waals surface area contributed by atoms with Crippen molar-refractivity contribution in [2.45, 2.75) is 31.8 Å². The second kappa shape index (κ2) is 5.96. The van der Waals surface area contributed by atoms with E-state index in [2.05, 4.69) is 45.5 Å². The number of thiophene rings is 1. The molecule has 3 rings (SSSR count). The minimum Gasteiger partial charge on any atom is -0.309 e. The molecule has 4 heteroatoms. The first kappa shape index (κ1) is 13.6. The summed E-state index contributed by atoms with van der Waals surface area (Å²) in [5, 5.41) is 3.65. The van der Waals surface area contributed by atoms with E-state index in [4.69, 9.17) is 11.6 Å². The van der Waals surface area contributed by atoms with E-state index < -0.39 is 0 Å². The van der Waals surface area contributed by atoms with Crippen LogP contribution in [0.4, 0.5) is 0 Å². The largest absolute Gasteiger partial charge is 0.309 e. The molecule has 2 aromatic rings. The van der Waals surface area contributed by atoms with Gasteiger partial charge in [0.25, 0.3) is 0 Å². The molecule has 0 amide bonds. The van der Waals surface area contributed by atoms with E-state index in [1.807, 2.05) is 6.07 Å². The first-order chi connectivity index (χ1) is 9.20. The van der Waals surface area contributed by atoms with Gasteiger partial charge in [-0.25, -0.2) is 0 Å². The van der Waals surface area contributed by atoms with Crippen LogP contribution in [0.3, 0.4) is 0 Å². The zero-order valence-corrected chi connectivity index (χ0v) is 13.6. The summed E-state index contributed by atoms with van der Waals surface area (Å²) in [6.07, 6.45) is 3.50. The quantitative estimate of drug-likeness (QED) is 0.832. The molecule has 0 saturated heterocycles. The molecule has 0 fully saturated rings. The SMILES string of the molecule is Clc1ccc(CNC2CCc3cc(Br)ccc3C2)s1. The number of hydrogen-bond donors (Lipinski definition) is 1. The Morgan fingerprint density at radius 3 is 2.95 bits per heavy atom. The van der Waals surface area contributed by atoms with Gasteiger partial charge in [-0.15, -0.1) is 11.3 Å². The van der Waals surface area contributed by atoms with Crippen LogP contribution in [0.15, 0.2) is 34.8 Å². The van der Waals surface area contributed by atoms with Crippen molar-refractivity contribution in [1.29, 1.82) is 0 Å². The third kappa shape index (κ3) is 3.40. The lowest BCUT2D eigenvalue weighted by molar-refractivity contribution is 0.459. The van der Waals surface area contributed by atoms with Crippen molar-refractivity contribution in [2.75, 3.05) is 0 Å². The summed E-state index contributed by atoms with van der Waals surface area (Å²) in [4.78, 5) is 1.31. The minimum absolute atomic E-state index is 0.578. The predicted octanol–water partition coefficient (Wildman–Crippen LogP) is 4.81. The minimum atomic E-state index is 0.578. The van der Waals surface area contributed by atoms with Gasteiger partial charge in [-0.3, -0.25) is 0 Å². The highest BCUT2D eigenvalue weighted by Gasteiger charge is 2.18. The van der Waals surface area contributed by atoms with Gasteiger partial charge in [-0.2, -0.15) is 0 Å². The number of halogens is 2. The maximum Gasteiger partial charge on any atom is 0.0931 e. The van der Waals surface area contributed by atoms with Crippen LogP contribution in [0.25, 0.3) is 0 Å². The predicted molar refractivity (Wildman–Crippen MR) is 86.1 cm³/mol. The molecule has 1 nitrogen and oxygen atoms in total. The van der Waals surface area contributed by atoms with Gasteiger partial charge in [0, 0.05) is 21.9 Å². The van der Waals surface area contributed by atoms with E-state index in [1.165, 1.54) is 26.9 Å². The maximum absolute atomic E-state index is 5.95. The molecule has 1 heterocycles. The summed E-state index contributed by atoms with van der Waals surface area (Å²) in [7, 11) is 0. The summed E-state index contributed by atoms with van der Waals surface area (Å²) < 4.78 is 2.06. The van der Waals surface area contributed by atoms with Crippen LogP contribution >= 0.6 is 38.9 Å². The molecule has 1 atom stereocenters. The van der Waals surface area contributed by atoms with Crippen LogP contribution in [-0.4, -0.2) is 6.04 Å². The lowest BCUT2D eigenvalue weighted by atomic mass is 9.88. The average Bonchev–Trinajstić information content (AvgIpc) is 2.82. The van der Waals surface area contributed by atoms with Crippen molar-refractivity contribution in [3.05, 3.63) is 55.1 Å². The zero-order chi connectivity index (χ0) is 13.2. The van der Waals surface area contributed by atoms with Gasteiger partial charge in [0.15, 0.2) is 0 Å². The molecule has 1 N–H and O–H groups in total. The summed E-state index contributed by atoms with van der Waals surface area (Å²) in [6, 6.07) is 11.3. The van der Waals surface area contributed by atoms with Crippen molar-refractivity contribution in [3.8, 4) is 0 Å². The number of aryl methyl sites for hydroxylation is 1. The van der Waals surface area contributed by atoms with Gasteiger partial charge in [0.1, 0.15) is 0 Å². The molecule has 0 aliphatic heterocycles. The Kier molecular flexibility index (Phi) is 4.27. The highest BCUT2D eigenvalue weighted by Crippen LogP contribution is 2.26. The van der Waals surface area contributed by atoms with E-state index >= 15 is 0 Å². The Hall–Kier alpha value is -0.350. The number of rotatable bonds is 3. The molecule has 100 valence electrons. The number of benzene rings is 1. The summed E-state index contributed by atoms with van der Waals surface area (Å²) in [5.74, 6) is 0. The first-order valence-corrected chi connectivity index (χ1v) is 8.44. The van der Waals surface area contributed by atoms with Gasteiger partial charge < -0.3 is 5.32 Å². The van der Waals surface area contributed by atoms with Gasteiger partial charge in [-0.1, -0.05) is 33.6 Å². The van der Waals surface area contributed by atoms with E-state index in [-0.39, 0.29) is 0 Å². The third-order valence-electron chi connectivity index (χ3n) is 3.59. The fourth-order valence-corrected chi connectivity index (χ4v) is 4.04. The Balaban J connectivity index is 1.61. The van der Waals surface area contributed by atoms with E-state index in [9.17, 15) is 0 Å². The third-order valence-corrected chi connectivity index (χ3v) is 5.31. The number of fused-ring (bicyclic) bond motifs is 1. The second-order valence-corrected chi connectivity index (χ2v) is 7.65. The lowest BCUT2D eigenvalue weighted by Crippen LogP contribution is -2.33. The average molecular weight is 357 g/mol. The van der Waals surface area contributed by atoms with Crippen LogP contribution in [0.5, 0.6) is 0 Å². The van der Waals surface area contributed by atoms with Gasteiger partial charge in [0.2, 0.25) is 0 Å². The van der Waals surface area contributed by atoms with Crippen molar-refractivity contribution in [1.82, 2.24) is 5.32 Å². The lowest BCUT2D eigenvalue weighted by Gasteiger charge is -2.25. The Labute approximate surface area is 131 Å². The normalized spacial score (nSPS) is 18.3. The molecular weight excluding hydrogens is 342 g/mol. The van der Waals surface area contributed by atoms with Gasteiger partial charge in [0.05, 0.1) is 4.34 Å². The topological polar surface area (TPSA) is 12.0 Å². The maximum atomic E-state index is 5.95. The smallest absolute Gasteiger partial charge is 0.0931 e. The fourth-order valence-electron chi connectivity index (χ4n) is 2.59. The van der Waals surface area contributed by atoms with Crippen molar-refractivity contribution >= 4 is 38.9 Å². The van der Waals surface area contributed by atoms with Crippen LogP contribution in [0.2, 0.25) is 4.34 Å². The molecule has 1 aliphatic rings. The van der Waals surface area contributed by atoms with Crippen LogP contribution in [0, 0.1) is 0 Å². The summed E-state index contributed by atoms with van der Waals surface area (Å²) >= 11 is 11.2. The molecule has 0 radical (unpaired) electrons. The van der Waals surface area contributed by atoms with Crippen LogP contribution < -0.4 is 5.32 Å². The molecular formula is C15H15BrClNS. The molecule has 0 saturated carbocycles. The van der Waals surface area contributed by atoms with E-state index in [0.29, 0.717) is 6.04 Å². The molecule has 1 aromatic heterocycles. The van der Waals surface area contributed by atoms with E-state index in [0.717, 1.165) is 23.7 Å². The fraction of sp³-hybridized carbons (Fsp3) is 0.333. The number of hydrogen-bond acceptors (Lipinski definition) is 2. The zero-order valence-electron chi connectivity index (χ0n) is 10.5. The van der Waals surface area contributed by atoms with Crippen molar-refractivity contribution in [3.63, 3.8) is 0 Å². The highest BCUT2D eigenvalue weighted by molar-refractivity contribution is 9.10. The summed E-state index contributed by atoms with van der Waals surface area (Å²) in [6.45, 7) is 0.925.